The number of hydrazone groups is 1. The van der Waals surface area contributed by atoms with E-state index >= 15 is 0 Å². The number of hydrogen-bond donors (Lipinski definition) is 4. The van der Waals surface area contributed by atoms with Gasteiger partial charge in [0.2, 0.25) is 0 Å². The Hall–Kier alpha value is -2.65. The number of fused-ring (bicyclic) bond motifs is 1. The molecule has 1 saturated heterocycles. The van der Waals surface area contributed by atoms with Crippen molar-refractivity contribution in [2.24, 2.45) is 34.4 Å². The molecule has 33 heavy (non-hydrogen) atoms. The lowest BCUT2D eigenvalue weighted by Crippen LogP contribution is -2.50. The zero-order chi connectivity index (χ0) is 23.6. The van der Waals surface area contributed by atoms with Crippen LogP contribution in [0.3, 0.4) is 0 Å². The van der Waals surface area contributed by atoms with E-state index in [0.717, 1.165) is 32.2 Å². The van der Waals surface area contributed by atoms with Gasteiger partial charge in [0.05, 0.1) is 12.2 Å². The SMILES string of the molecule is CC(CCOC(=O)C1CC2CC(CC/C(N)=N/NN)CCC2CN1)OC(=O)c1ccccc1. The minimum Gasteiger partial charge on any atom is -0.464 e. The van der Waals surface area contributed by atoms with Gasteiger partial charge in [0.15, 0.2) is 0 Å². The summed E-state index contributed by atoms with van der Waals surface area (Å²) in [7, 11) is 0. The van der Waals surface area contributed by atoms with Gasteiger partial charge < -0.3 is 20.5 Å². The van der Waals surface area contributed by atoms with Gasteiger partial charge in [0.1, 0.15) is 18.0 Å². The van der Waals surface area contributed by atoms with Crippen LogP contribution in [0.1, 0.15) is 62.2 Å². The average Bonchev–Trinajstić information content (AvgIpc) is 2.82. The van der Waals surface area contributed by atoms with E-state index in [0.29, 0.717) is 35.6 Å². The molecule has 1 aromatic rings. The number of nitrogens with two attached hydrogens (primary N) is 2. The molecule has 5 atom stereocenters. The molecule has 1 aromatic carbocycles. The molecule has 2 aliphatic rings. The topological polar surface area (TPSA) is 141 Å². The van der Waals surface area contributed by atoms with E-state index in [-0.39, 0.29) is 30.7 Å². The molecule has 3 rings (SSSR count). The number of nitrogens with zero attached hydrogens (tertiary/aromatic N) is 1. The van der Waals surface area contributed by atoms with Crippen LogP contribution >= 0.6 is 0 Å². The first-order valence-corrected chi connectivity index (χ1v) is 11.9. The summed E-state index contributed by atoms with van der Waals surface area (Å²) in [5, 5.41) is 7.19. The highest BCUT2D eigenvalue weighted by atomic mass is 16.6. The number of piperidine rings is 1. The lowest BCUT2D eigenvalue weighted by Gasteiger charge is -2.42. The molecule has 2 fully saturated rings. The standard InChI is InChI=1S/C24H37N5O4/c1-16(33-23(30)18-5-3-2-4-6-18)11-12-32-24(31)21-14-20-13-17(7-9-19(20)15-27-21)8-10-22(25)28-29-26/h2-6,16-17,19-21,27,29H,7-15,26H2,1H3,(H2,25,28). The Balaban J connectivity index is 1.37. The number of benzene rings is 1. The number of amidine groups is 1. The summed E-state index contributed by atoms with van der Waals surface area (Å²) in [6.45, 7) is 2.88. The van der Waals surface area contributed by atoms with Crippen molar-refractivity contribution in [3.05, 3.63) is 35.9 Å². The molecule has 1 saturated carbocycles. The van der Waals surface area contributed by atoms with Crippen molar-refractivity contribution in [2.75, 3.05) is 13.2 Å². The predicted octanol–water partition coefficient (Wildman–Crippen LogP) is 2.08. The van der Waals surface area contributed by atoms with Gasteiger partial charge in [-0.1, -0.05) is 24.6 Å². The molecule has 1 heterocycles. The fourth-order valence-corrected chi connectivity index (χ4v) is 4.90. The summed E-state index contributed by atoms with van der Waals surface area (Å²) in [6.07, 6.45) is 6.09. The quantitative estimate of drug-likeness (QED) is 0.137. The van der Waals surface area contributed by atoms with Crippen LogP contribution in [-0.4, -0.2) is 43.1 Å². The molecule has 0 bridgehead atoms. The number of nitrogens with one attached hydrogen (secondary N) is 2. The molecule has 0 amide bonds. The van der Waals surface area contributed by atoms with Crippen molar-refractivity contribution in [2.45, 2.75) is 64.0 Å². The predicted molar refractivity (Wildman–Crippen MR) is 126 cm³/mol. The summed E-state index contributed by atoms with van der Waals surface area (Å²) < 4.78 is 10.9. The fourth-order valence-electron chi connectivity index (χ4n) is 4.90. The molecule has 182 valence electrons. The molecule has 9 heteroatoms. The number of hydrazine groups is 1. The van der Waals surface area contributed by atoms with Gasteiger partial charge in [0, 0.05) is 12.8 Å². The monoisotopic (exact) mass is 459 g/mol. The van der Waals surface area contributed by atoms with E-state index < -0.39 is 0 Å². The van der Waals surface area contributed by atoms with Gasteiger partial charge in [0.25, 0.3) is 0 Å². The molecule has 0 aromatic heterocycles. The number of esters is 2. The molecular weight excluding hydrogens is 422 g/mol. The van der Waals surface area contributed by atoms with Crippen LogP contribution in [0.25, 0.3) is 0 Å². The van der Waals surface area contributed by atoms with Crippen LogP contribution in [0, 0.1) is 17.8 Å². The number of carbonyl (C=O) groups excluding carboxylic acids is 2. The zero-order valence-electron chi connectivity index (χ0n) is 19.4. The highest BCUT2D eigenvalue weighted by Crippen LogP contribution is 2.40. The second-order valence-corrected chi connectivity index (χ2v) is 9.20. The maximum absolute atomic E-state index is 12.6. The number of hydrogen-bond acceptors (Lipinski definition) is 8. The smallest absolute Gasteiger partial charge is 0.338 e. The third kappa shape index (κ3) is 7.71. The largest absolute Gasteiger partial charge is 0.464 e. The Labute approximate surface area is 195 Å². The summed E-state index contributed by atoms with van der Waals surface area (Å²) >= 11 is 0. The Morgan fingerprint density at radius 3 is 2.76 bits per heavy atom. The van der Waals surface area contributed by atoms with E-state index in [1.165, 1.54) is 12.8 Å². The minimum absolute atomic E-state index is 0.220. The fraction of sp³-hybridized carbons (Fsp3) is 0.625. The van der Waals surface area contributed by atoms with Gasteiger partial charge in [-0.15, -0.1) is 0 Å². The van der Waals surface area contributed by atoms with Crippen LogP contribution in [0.2, 0.25) is 0 Å². The summed E-state index contributed by atoms with van der Waals surface area (Å²) in [6, 6.07) is 8.59. The van der Waals surface area contributed by atoms with Crippen molar-refractivity contribution in [3.8, 4) is 0 Å². The first kappa shape index (κ1) is 25.0. The summed E-state index contributed by atoms with van der Waals surface area (Å²) in [4.78, 5) is 24.7. The Bertz CT molecular complexity index is 803. The second kappa shape index (κ2) is 12.6. The minimum atomic E-state index is -0.367. The van der Waals surface area contributed by atoms with Crippen molar-refractivity contribution in [1.29, 1.82) is 0 Å². The van der Waals surface area contributed by atoms with Crippen LogP contribution in [0.4, 0.5) is 0 Å². The first-order valence-electron chi connectivity index (χ1n) is 11.9. The Morgan fingerprint density at radius 2 is 2.00 bits per heavy atom. The number of rotatable bonds is 10. The van der Waals surface area contributed by atoms with E-state index in [9.17, 15) is 9.59 Å². The first-order chi connectivity index (χ1) is 16.0. The summed E-state index contributed by atoms with van der Waals surface area (Å²) in [5.41, 5.74) is 8.58. The Kier molecular flexibility index (Phi) is 9.50. The lowest BCUT2D eigenvalue weighted by molar-refractivity contribution is -0.148. The number of carbonyl (C=O) groups is 2. The van der Waals surface area contributed by atoms with Crippen molar-refractivity contribution < 1.29 is 19.1 Å². The summed E-state index contributed by atoms with van der Waals surface area (Å²) in [5.74, 6) is 6.83. The maximum atomic E-state index is 12.6. The van der Waals surface area contributed by atoms with E-state index in [4.69, 9.17) is 21.1 Å². The molecular formula is C24H37N5O4. The van der Waals surface area contributed by atoms with Crippen LogP contribution in [0.15, 0.2) is 35.4 Å². The van der Waals surface area contributed by atoms with E-state index in [1.807, 2.05) is 6.07 Å². The van der Waals surface area contributed by atoms with Gasteiger partial charge in [-0.2, -0.15) is 5.10 Å². The molecule has 0 radical (unpaired) electrons. The second-order valence-electron chi connectivity index (χ2n) is 9.20. The molecule has 9 nitrogen and oxygen atoms in total. The van der Waals surface area contributed by atoms with Crippen molar-refractivity contribution >= 4 is 17.8 Å². The van der Waals surface area contributed by atoms with E-state index in [1.54, 1.807) is 31.2 Å². The zero-order valence-corrected chi connectivity index (χ0v) is 19.4. The van der Waals surface area contributed by atoms with Gasteiger partial charge in [-0.25, -0.2) is 16.2 Å². The molecule has 0 spiro atoms. The van der Waals surface area contributed by atoms with Gasteiger partial charge in [-0.3, -0.25) is 4.79 Å². The third-order valence-electron chi connectivity index (χ3n) is 6.80. The highest BCUT2D eigenvalue weighted by Gasteiger charge is 2.38. The van der Waals surface area contributed by atoms with Gasteiger partial charge in [-0.05, 0) is 69.0 Å². The van der Waals surface area contributed by atoms with Gasteiger partial charge >= 0.3 is 11.9 Å². The molecule has 1 aliphatic carbocycles. The molecule has 1 aliphatic heterocycles. The maximum Gasteiger partial charge on any atom is 0.338 e. The van der Waals surface area contributed by atoms with Crippen molar-refractivity contribution in [3.63, 3.8) is 0 Å². The number of ether oxygens (including phenoxy) is 2. The van der Waals surface area contributed by atoms with Crippen LogP contribution in [-0.2, 0) is 14.3 Å². The van der Waals surface area contributed by atoms with Crippen molar-refractivity contribution in [1.82, 2.24) is 10.9 Å². The van der Waals surface area contributed by atoms with Crippen LogP contribution in [0.5, 0.6) is 0 Å². The van der Waals surface area contributed by atoms with E-state index in [2.05, 4.69) is 16.0 Å². The highest BCUT2D eigenvalue weighted by molar-refractivity contribution is 5.89. The molecule has 6 N–H and O–H groups in total. The Morgan fingerprint density at radius 1 is 1.21 bits per heavy atom. The molecule has 5 unspecified atom stereocenters. The average molecular weight is 460 g/mol. The lowest BCUT2D eigenvalue weighted by atomic mass is 9.69. The van der Waals surface area contributed by atoms with Crippen LogP contribution < -0.4 is 22.4 Å². The third-order valence-corrected chi connectivity index (χ3v) is 6.80. The normalized spacial score (nSPS) is 26.1.